The zero-order valence-corrected chi connectivity index (χ0v) is 30.9. The summed E-state index contributed by atoms with van der Waals surface area (Å²) < 4.78 is 37.5. The second-order valence-corrected chi connectivity index (χ2v) is 14.9. The summed E-state index contributed by atoms with van der Waals surface area (Å²) in [5, 5.41) is 0. The van der Waals surface area contributed by atoms with E-state index in [1.54, 1.807) is 21.3 Å². The number of hydrogen-bond donors (Lipinski definition) is 0. The minimum atomic E-state index is -0.766. The molecule has 0 saturated heterocycles. The molecule has 2 atom stereocenters. The van der Waals surface area contributed by atoms with Gasteiger partial charge in [0.1, 0.15) is 5.75 Å². The first-order chi connectivity index (χ1) is 24.5. The zero-order valence-electron chi connectivity index (χ0n) is 30.9. The Morgan fingerprint density at radius 3 is 2.00 bits per heavy atom. The quantitative estimate of drug-likeness (QED) is 0.156. The average Bonchev–Trinajstić information content (AvgIpc) is 3.11. The third kappa shape index (κ3) is 6.72. The lowest BCUT2D eigenvalue weighted by atomic mass is 9.87. The van der Waals surface area contributed by atoms with Crippen LogP contribution in [0.2, 0.25) is 0 Å². The van der Waals surface area contributed by atoms with E-state index in [1.807, 2.05) is 51.1 Å². The normalized spacial score (nSPS) is 18.7. The van der Waals surface area contributed by atoms with Crippen molar-refractivity contribution in [1.82, 2.24) is 9.80 Å². The Balaban J connectivity index is 1.49. The molecular weight excluding hydrogens is 644 g/mol. The second kappa shape index (κ2) is 13.8. The highest BCUT2D eigenvalue weighted by molar-refractivity contribution is 5.80. The number of nitrogens with zero attached hydrogens (tertiary/aromatic N) is 2. The van der Waals surface area contributed by atoms with Crippen molar-refractivity contribution in [3.8, 4) is 46.0 Å². The van der Waals surface area contributed by atoms with Gasteiger partial charge >= 0.3 is 5.97 Å². The maximum Gasteiger partial charge on any atom is 0.316 e. The number of benzene rings is 4. The maximum atomic E-state index is 13.6. The predicted octanol–water partition coefficient (Wildman–Crippen LogP) is 8.11. The fourth-order valence-electron chi connectivity index (χ4n) is 7.42. The molecule has 9 nitrogen and oxygen atoms in total. The number of carbonyl (C=O) groups excluding carboxylic acids is 1. The van der Waals surface area contributed by atoms with E-state index in [0.717, 1.165) is 54.8 Å². The Morgan fingerprint density at radius 2 is 1.31 bits per heavy atom. The van der Waals surface area contributed by atoms with Gasteiger partial charge in [-0.3, -0.25) is 14.6 Å². The molecule has 0 saturated carbocycles. The van der Waals surface area contributed by atoms with Crippen LogP contribution in [0.4, 0.5) is 0 Å². The third-order valence-corrected chi connectivity index (χ3v) is 10.5. The predicted molar refractivity (Wildman–Crippen MR) is 196 cm³/mol. The van der Waals surface area contributed by atoms with E-state index in [0.29, 0.717) is 40.9 Å². The molecule has 0 radical (unpaired) electrons. The van der Waals surface area contributed by atoms with Gasteiger partial charge in [-0.15, -0.1) is 0 Å². The summed E-state index contributed by atoms with van der Waals surface area (Å²) in [6.07, 6.45) is 3.08. The average molecular weight is 693 g/mol. The highest BCUT2D eigenvalue weighted by atomic mass is 16.6. The van der Waals surface area contributed by atoms with Gasteiger partial charge in [0.05, 0.1) is 26.7 Å². The summed E-state index contributed by atoms with van der Waals surface area (Å²) in [5.74, 6) is 4.00. The molecule has 8 rings (SSSR count). The highest BCUT2D eigenvalue weighted by Crippen LogP contribution is 2.52. The molecule has 0 aromatic heterocycles. The number of likely N-dealkylation sites (N-methyl/N-ethyl adjacent to an activating group) is 2. The Morgan fingerprint density at radius 1 is 0.706 bits per heavy atom. The number of rotatable bonds is 4. The Labute approximate surface area is 301 Å². The Bertz CT molecular complexity index is 1950. The highest BCUT2D eigenvalue weighted by Gasteiger charge is 2.36. The van der Waals surface area contributed by atoms with Crippen LogP contribution in [0.1, 0.15) is 66.2 Å². The molecule has 268 valence electrons. The summed E-state index contributed by atoms with van der Waals surface area (Å²) in [4.78, 5) is 18.3. The third-order valence-electron chi connectivity index (χ3n) is 10.5. The minimum Gasteiger partial charge on any atom is -0.493 e. The van der Waals surface area contributed by atoms with Gasteiger partial charge in [-0.25, -0.2) is 0 Å². The molecular formula is C42H48N2O7. The van der Waals surface area contributed by atoms with Crippen molar-refractivity contribution in [3.05, 3.63) is 94.0 Å². The van der Waals surface area contributed by atoms with E-state index >= 15 is 0 Å². The smallest absolute Gasteiger partial charge is 0.316 e. The molecule has 4 aliphatic heterocycles. The first kappa shape index (κ1) is 34.7. The molecule has 4 heterocycles. The van der Waals surface area contributed by atoms with E-state index in [-0.39, 0.29) is 23.8 Å². The van der Waals surface area contributed by atoms with Gasteiger partial charge in [-0.1, -0.05) is 18.2 Å². The number of esters is 1. The van der Waals surface area contributed by atoms with Gasteiger partial charge in [-0.2, -0.15) is 0 Å². The van der Waals surface area contributed by atoms with Gasteiger partial charge < -0.3 is 28.4 Å². The van der Waals surface area contributed by atoms with Crippen LogP contribution in [-0.2, 0) is 30.5 Å². The fourth-order valence-corrected chi connectivity index (χ4v) is 7.42. The van der Waals surface area contributed by atoms with Gasteiger partial charge in [-0.05, 0) is 131 Å². The van der Waals surface area contributed by atoms with E-state index in [2.05, 4.69) is 54.2 Å². The topological polar surface area (TPSA) is 78.9 Å². The van der Waals surface area contributed by atoms with Crippen molar-refractivity contribution >= 4 is 5.97 Å². The molecule has 0 unspecified atom stereocenters. The first-order valence-electron chi connectivity index (χ1n) is 17.7. The first-order valence-corrected chi connectivity index (χ1v) is 17.7. The molecule has 0 fully saturated rings. The van der Waals surface area contributed by atoms with Crippen molar-refractivity contribution in [1.29, 1.82) is 0 Å². The fraction of sp³-hybridized carbons (Fsp3) is 0.405. The molecule has 0 aliphatic carbocycles. The molecule has 0 amide bonds. The molecule has 4 aliphatic rings. The van der Waals surface area contributed by atoms with Gasteiger partial charge in [0.2, 0.25) is 5.75 Å². The van der Waals surface area contributed by atoms with Crippen LogP contribution in [0, 0.1) is 5.41 Å². The maximum absolute atomic E-state index is 13.6. The van der Waals surface area contributed by atoms with Crippen LogP contribution in [0.15, 0.2) is 60.7 Å². The summed E-state index contributed by atoms with van der Waals surface area (Å²) in [6, 6.07) is 20.6. The van der Waals surface area contributed by atoms with E-state index in [4.69, 9.17) is 28.4 Å². The Kier molecular flexibility index (Phi) is 9.37. The SMILES string of the molecule is COc1ccc2cc1Oc1ccc(cc1)C[C@H]1c3cc(c(OC)cc3CCN1C)Oc1c(OC(=O)C(C)(C)C)c(OC)cc3c1[C@H](C2)N(C)CC3. The molecule has 4 aromatic carbocycles. The summed E-state index contributed by atoms with van der Waals surface area (Å²) >= 11 is 0. The van der Waals surface area contributed by atoms with Crippen molar-refractivity contribution in [2.45, 2.75) is 58.5 Å². The van der Waals surface area contributed by atoms with Crippen LogP contribution in [0.5, 0.6) is 46.0 Å². The number of methoxy groups -OCH3 is 3. The zero-order chi connectivity index (χ0) is 36.0. The van der Waals surface area contributed by atoms with Crippen LogP contribution < -0.4 is 28.4 Å². The lowest BCUT2D eigenvalue weighted by Crippen LogP contribution is -2.34. The number of carbonyl (C=O) groups is 1. The van der Waals surface area contributed by atoms with Gasteiger partial charge in [0, 0.05) is 30.7 Å². The van der Waals surface area contributed by atoms with Crippen molar-refractivity contribution in [3.63, 3.8) is 0 Å². The number of ether oxygens (including phenoxy) is 6. The van der Waals surface area contributed by atoms with Crippen molar-refractivity contribution < 1.29 is 33.2 Å². The van der Waals surface area contributed by atoms with Crippen molar-refractivity contribution in [2.75, 3.05) is 48.5 Å². The lowest BCUT2D eigenvalue weighted by molar-refractivity contribution is -0.143. The van der Waals surface area contributed by atoms with Gasteiger partial charge in [0.15, 0.2) is 34.5 Å². The van der Waals surface area contributed by atoms with Crippen LogP contribution in [0.3, 0.4) is 0 Å². The van der Waals surface area contributed by atoms with Crippen LogP contribution in [-0.4, -0.2) is 64.3 Å². The standard InChI is InChI=1S/C42H48N2O7/c1-42(2,3)41(45)51-39-37(48-8)23-28-16-18-44(5)32-20-26-11-14-33(46-6)35(21-26)49-29-12-9-25(10-13-29)19-31-30-24-36(50-40(39)38(28)32)34(47-7)22-27(30)15-17-43(31)4/h9-14,21-24,31-32H,15-20H2,1-8H3/t31-,32-/m0/s1. The van der Waals surface area contributed by atoms with E-state index in [1.165, 1.54) is 16.7 Å². The second-order valence-electron chi connectivity index (χ2n) is 14.9. The van der Waals surface area contributed by atoms with E-state index < -0.39 is 5.41 Å². The van der Waals surface area contributed by atoms with Crippen LogP contribution >= 0.6 is 0 Å². The minimum absolute atomic E-state index is 0.0979. The monoisotopic (exact) mass is 692 g/mol. The molecule has 0 spiro atoms. The number of fused-ring (bicyclic) bond motifs is 2. The number of hydrogen-bond acceptors (Lipinski definition) is 9. The Hall–Kier alpha value is -4.73. The molecule has 0 N–H and O–H groups in total. The molecule has 6 bridgehead atoms. The lowest BCUT2D eigenvalue weighted by Gasteiger charge is -2.37. The summed E-state index contributed by atoms with van der Waals surface area (Å²) in [7, 11) is 9.22. The van der Waals surface area contributed by atoms with Crippen molar-refractivity contribution in [2.24, 2.45) is 5.41 Å². The molecule has 9 heteroatoms. The molecule has 4 aromatic rings. The summed E-state index contributed by atoms with van der Waals surface area (Å²) in [6.45, 7) is 7.26. The van der Waals surface area contributed by atoms with E-state index in [9.17, 15) is 4.79 Å². The van der Waals surface area contributed by atoms with Gasteiger partial charge in [0.25, 0.3) is 0 Å². The summed E-state index contributed by atoms with van der Waals surface area (Å²) in [5.41, 5.74) is 5.92. The van der Waals surface area contributed by atoms with Crippen LogP contribution in [0.25, 0.3) is 0 Å². The largest absolute Gasteiger partial charge is 0.493 e. The molecule has 51 heavy (non-hydrogen) atoms.